The normalized spacial score (nSPS) is 20.7. The van der Waals surface area contributed by atoms with Gasteiger partial charge in [0.15, 0.2) is 11.5 Å². The summed E-state index contributed by atoms with van der Waals surface area (Å²) in [5.41, 5.74) is 0.510. The molecule has 0 aliphatic carbocycles. The molecule has 24 heavy (non-hydrogen) atoms. The Labute approximate surface area is 148 Å². The summed E-state index contributed by atoms with van der Waals surface area (Å²) in [7, 11) is 0. The second-order valence-corrected chi connectivity index (χ2v) is 7.05. The van der Waals surface area contributed by atoms with E-state index >= 15 is 0 Å². The van der Waals surface area contributed by atoms with E-state index in [2.05, 4.69) is 17.1 Å². The van der Waals surface area contributed by atoms with Crippen molar-refractivity contribution >= 4 is 17.5 Å². The van der Waals surface area contributed by atoms with Crippen molar-refractivity contribution in [1.82, 2.24) is 10.2 Å². The monoisotopic (exact) mass is 352 g/mol. The van der Waals surface area contributed by atoms with Crippen LogP contribution in [0.1, 0.15) is 36.5 Å². The summed E-state index contributed by atoms with van der Waals surface area (Å²) in [5.74, 6) is 1.73. The lowest BCUT2D eigenvalue weighted by molar-refractivity contribution is 0.0949. The molecule has 0 saturated carbocycles. The molecule has 5 nitrogen and oxygen atoms in total. The van der Waals surface area contributed by atoms with Crippen LogP contribution in [0, 0.1) is 5.92 Å². The summed E-state index contributed by atoms with van der Waals surface area (Å²) < 4.78 is 11.0. The SMILES string of the molecule is CC1CCCN(CCCNC(=O)c2cc(Cl)c3c(c2)OCCO3)C1. The second kappa shape index (κ2) is 8.08. The van der Waals surface area contributed by atoms with Gasteiger partial charge in [-0.2, -0.15) is 0 Å². The Bertz CT molecular complexity index is 594. The molecule has 0 spiro atoms. The van der Waals surface area contributed by atoms with Crippen LogP contribution >= 0.6 is 11.6 Å². The lowest BCUT2D eigenvalue weighted by Crippen LogP contribution is -2.36. The molecule has 0 radical (unpaired) electrons. The zero-order valence-corrected chi connectivity index (χ0v) is 14.9. The molecule has 0 aromatic heterocycles. The fraction of sp³-hybridized carbons (Fsp3) is 0.611. The number of fused-ring (bicyclic) bond motifs is 1. The minimum Gasteiger partial charge on any atom is -0.486 e. The summed E-state index contributed by atoms with van der Waals surface area (Å²) >= 11 is 6.18. The van der Waals surface area contributed by atoms with Crippen molar-refractivity contribution in [2.24, 2.45) is 5.92 Å². The molecule has 2 aliphatic heterocycles. The zero-order chi connectivity index (χ0) is 16.9. The van der Waals surface area contributed by atoms with Crippen molar-refractivity contribution < 1.29 is 14.3 Å². The highest BCUT2D eigenvalue weighted by Gasteiger charge is 2.19. The molecule has 6 heteroatoms. The minimum absolute atomic E-state index is 0.124. The van der Waals surface area contributed by atoms with E-state index in [0.29, 0.717) is 41.8 Å². The van der Waals surface area contributed by atoms with Gasteiger partial charge in [-0.15, -0.1) is 0 Å². The number of benzene rings is 1. The molecule has 1 atom stereocenters. The quantitative estimate of drug-likeness (QED) is 0.828. The number of piperidine rings is 1. The van der Waals surface area contributed by atoms with Gasteiger partial charge in [-0.25, -0.2) is 0 Å². The van der Waals surface area contributed by atoms with E-state index in [1.54, 1.807) is 12.1 Å². The van der Waals surface area contributed by atoms with Crippen molar-refractivity contribution in [2.75, 3.05) is 39.4 Å². The number of carbonyl (C=O) groups is 1. The third-order valence-corrected chi connectivity index (χ3v) is 4.82. The molecule has 1 amide bonds. The number of halogens is 1. The smallest absolute Gasteiger partial charge is 0.251 e. The standard InChI is InChI=1S/C18H25ClN2O3/c1-13-4-2-6-21(12-13)7-3-5-20-18(22)14-10-15(19)17-16(11-14)23-8-9-24-17/h10-11,13H,2-9,12H2,1H3,(H,20,22). The number of rotatable bonds is 5. The molecule has 0 bridgehead atoms. The minimum atomic E-state index is -0.124. The average Bonchev–Trinajstić information content (AvgIpc) is 2.58. The van der Waals surface area contributed by atoms with Crippen molar-refractivity contribution in [2.45, 2.75) is 26.2 Å². The van der Waals surface area contributed by atoms with E-state index in [9.17, 15) is 4.79 Å². The van der Waals surface area contributed by atoms with Gasteiger partial charge in [0, 0.05) is 18.7 Å². The van der Waals surface area contributed by atoms with Crippen LogP contribution in [0.5, 0.6) is 11.5 Å². The molecule has 1 aromatic carbocycles. The number of hydrogen-bond donors (Lipinski definition) is 1. The number of carbonyl (C=O) groups excluding carboxylic acids is 1. The van der Waals surface area contributed by atoms with Crippen LogP contribution in [-0.2, 0) is 0 Å². The van der Waals surface area contributed by atoms with Crippen LogP contribution in [0.2, 0.25) is 5.02 Å². The predicted molar refractivity (Wildman–Crippen MR) is 94.2 cm³/mol. The van der Waals surface area contributed by atoms with Gasteiger partial charge in [0.05, 0.1) is 5.02 Å². The Hall–Kier alpha value is -1.46. The molecular formula is C18H25ClN2O3. The number of ether oxygens (including phenoxy) is 2. The predicted octanol–water partition coefficient (Wildman–Crippen LogP) is 2.96. The maximum absolute atomic E-state index is 12.3. The average molecular weight is 353 g/mol. The van der Waals surface area contributed by atoms with Gasteiger partial charge < -0.3 is 19.7 Å². The lowest BCUT2D eigenvalue weighted by Gasteiger charge is -2.30. The molecule has 2 aliphatic rings. The van der Waals surface area contributed by atoms with Gasteiger partial charge >= 0.3 is 0 Å². The van der Waals surface area contributed by atoms with E-state index in [-0.39, 0.29) is 5.91 Å². The van der Waals surface area contributed by atoms with Gasteiger partial charge in [0.2, 0.25) is 0 Å². The number of hydrogen-bond acceptors (Lipinski definition) is 4. The first-order chi connectivity index (χ1) is 11.6. The van der Waals surface area contributed by atoms with Crippen molar-refractivity contribution in [3.63, 3.8) is 0 Å². The van der Waals surface area contributed by atoms with Crippen LogP contribution in [0.4, 0.5) is 0 Å². The molecule has 1 saturated heterocycles. The first-order valence-corrected chi connectivity index (χ1v) is 9.11. The Kier molecular flexibility index (Phi) is 5.85. The maximum Gasteiger partial charge on any atom is 0.251 e. The van der Waals surface area contributed by atoms with Crippen molar-refractivity contribution in [3.05, 3.63) is 22.7 Å². The summed E-state index contributed by atoms with van der Waals surface area (Å²) in [5, 5.41) is 3.38. The zero-order valence-electron chi connectivity index (χ0n) is 14.1. The Morgan fingerprint density at radius 2 is 2.21 bits per heavy atom. The highest BCUT2D eigenvalue weighted by Crippen LogP contribution is 2.38. The van der Waals surface area contributed by atoms with Crippen molar-refractivity contribution in [1.29, 1.82) is 0 Å². The molecule has 1 aromatic rings. The lowest BCUT2D eigenvalue weighted by atomic mass is 10.0. The number of nitrogens with one attached hydrogen (secondary N) is 1. The van der Waals surface area contributed by atoms with Crippen LogP contribution < -0.4 is 14.8 Å². The highest BCUT2D eigenvalue weighted by atomic mass is 35.5. The number of nitrogens with zero attached hydrogens (tertiary/aromatic N) is 1. The summed E-state index contributed by atoms with van der Waals surface area (Å²) in [6.07, 6.45) is 3.57. The fourth-order valence-electron chi connectivity index (χ4n) is 3.34. The molecule has 132 valence electrons. The molecule has 1 N–H and O–H groups in total. The Morgan fingerprint density at radius 1 is 1.38 bits per heavy atom. The van der Waals surface area contributed by atoms with Crippen molar-refractivity contribution in [3.8, 4) is 11.5 Å². The molecule has 3 rings (SSSR count). The van der Waals surface area contributed by atoms with Gasteiger partial charge in [-0.1, -0.05) is 18.5 Å². The third-order valence-electron chi connectivity index (χ3n) is 4.54. The molecular weight excluding hydrogens is 328 g/mol. The van der Waals surface area contributed by atoms with Crippen LogP contribution in [0.15, 0.2) is 12.1 Å². The van der Waals surface area contributed by atoms with E-state index in [1.807, 2.05) is 0 Å². The Balaban J connectivity index is 1.47. The maximum atomic E-state index is 12.3. The number of likely N-dealkylation sites (tertiary alicyclic amines) is 1. The molecule has 2 heterocycles. The summed E-state index contributed by atoms with van der Waals surface area (Å²) in [6, 6.07) is 3.33. The second-order valence-electron chi connectivity index (χ2n) is 6.64. The largest absolute Gasteiger partial charge is 0.486 e. The molecule has 1 unspecified atom stereocenters. The van der Waals surface area contributed by atoms with Gasteiger partial charge in [0.25, 0.3) is 5.91 Å². The van der Waals surface area contributed by atoms with Gasteiger partial charge in [0.1, 0.15) is 13.2 Å². The van der Waals surface area contributed by atoms with Gasteiger partial charge in [-0.3, -0.25) is 4.79 Å². The third kappa shape index (κ3) is 4.33. The fourth-order valence-corrected chi connectivity index (χ4v) is 3.60. The first-order valence-electron chi connectivity index (χ1n) is 8.73. The molecule has 1 fully saturated rings. The summed E-state index contributed by atoms with van der Waals surface area (Å²) in [4.78, 5) is 14.8. The first kappa shape index (κ1) is 17.4. The van der Waals surface area contributed by atoms with E-state index in [0.717, 1.165) is 18.9 Å². The Morgan fingerprint density at radius 3 is 3.04 bits per heavy atom. The van der Waals surface area contributed by atoms with E-state index in [4.69, 9.17) is 21.1 Å². The highest BCUT2D eigenvalue weighted by molar-refractivity contribution is 6.32. The van der Waals surface area contributed by atoms with E-state index < -0.39 is 0 Å². The van der Waals surface area contributed by atoms with Crippen LogP contribution in [-0.4, -0.2) is 50.2 Å². The van der Waals surface area contributed by atoms with E-state index in [1.165, 1.54) is 25.9 Å². The van der Waals surface area contributed by atoms with Crippen LogP contribution in [0.3, 0.4) is 0 Å². The number of amides is 1. The topological polar surface area (TPSA) is 50.8 Å². The van der Waals surface area contributed by atoms with Crippen LogP contribution in [0.25, 0.3) is 0 Å². The van der Waals surface area contributed by atoms with Gasteiger partial charge in [-0.05, 0) is 50.4 Å². The summed E-state index contributed by atoms with van der Waals surface area (Å²) in [6.45, 7) is 7.31.